The summed E-state index contributed by atoms with van der Waals surface area (Å²) in [7, 11) is 0. The van der Waals surface area contributed by atoms with E-state index in [2.05, 4.69) is 26.9 Å². The van der Waals surface area contributed by atoms with Crippen LogP contribution in [0.5, 0.6) is 0 Å². The molecule has 1 aromatic heterocycles. The van der Waals surface area contributed by atoms with Crippen molar-refractivity contribution in [3.05, 3.63) is 16.3 Å². The van der Waals surface area contributed by atoms with E-state index in [1.165, 1.54) is 24.8 Å². The second kappa shape index (κ2) is 10.2. The van der Waals surface area contributed by atoms with E-state index in [0.717, 1.165) is 12.8 Å². The van der Waals surface area contributed by atoms with Crippen LogP contribution in [0.2, 0.25) is 0 Å². The number of rotatable bonds is 11. The van der Waals surface area contributed by atoms with Crippen molar-refractivity contribution in [1.29, 1.82) is 0 Å². The quantitative estimate of drug-likeness (QED) is 0.368. The molecule has 1 aromatic rings. The zero-order valence-corrected chi connectivity index (χ0v) is 13.4. The molecule has 1 rings (SSSR count). The smallest absolute Gasteiger partial charge is 0.329 e. The zero-order chi connectivity index (χ0) is 15.5. The highest BCUT2D eigenvalue weighted by atomic mass is 32.2. The van der Waals surface area contributed by atoms with Crippen LogP contribution < -0.4 is 10.6 Å². The van der Waals surface area contributed by atoms with Crippen LogP contribution in [-0.4, -0.2) is 40.0 Å². The van der Waals surface area contributed by atoms with Gasteiger partial charge in [0, 0.05) is 13.1 Å². The average Bonchev–Trinajstić information content (AvgIpc) is 2.46. The standard InChI is InChI=1S/C13H23N5O2S/c1-3-14-13-16-10-11(18(19)20)12(17-13)15-8-6-4-5-7-9-21-2/h10H,3-9H2,1-2H3,(H2,14,15,16,17). The molecule has 0 aromatic carbocycles. The number of hydrogen-bond donors (Lipinski definition) is 2. The highest BCUT2D eigenvalue weighted by Gasteiger charge is 2.16. The monoisotopic (exact) mass is 313 g/mol. The molecule has 7 nitrogen and oxygen atoms in total. The highest BCUT2D eigenvalue weighted by molar-refractivity contribution is 7.98. The van der Waals surface area contributed by atoms with Gasteiger partial charge in [-0.1, -0.05) is 12.8 Å². The Morgan fingerprint density at radius 2 is 2.05 bits per heavy atom. The largest absolute Gasteiger partial charge is 0.364 e. The van der Waals surface area contributed by atoms with Crippen LogP contribution in [0.4, 0.5) is 17.5 Å². The second-order valence-corrected chi connectivity index (χ2v) is 5.53. The molecule has 8 heteroatoms. The molecule has 0 amide bonds. The summed E-state index contributed by atoms with van der Waals surface area (Å²) >= 11 is 1.86. The van der Waals surface area contributed by atoms with Crippen LogP contribution in [0.25, 0.3) is 0 Å². The number of aromatic nitrogens is 2. The molecule has 0 aliphatic rings. The van der Waals surface area contributed by atoms with Gasteiger partial charge < -0.3 is 10.6 Å². The van der Waals surface area contributed by atoms with E-state index < -0.39 is 4.92 Å². The van der Waals surface area contributed by atoms with Gasteiger partial charge >= 0.3 is 5.69 Å². The van der Waals surface area contributed by atoms with Gasteiger partial charge in [0.05, 0.1) is 4.92 Å². The van der Waals surface area contributed by atoms with Crippen molar-refractivity contribution in [3.63, 3.8) is 0 Å². The Balaban J connectivity index is 2.47. The molecule has 0 fully saturated rings. The molecule has 0 atom stereocenters. The fraction of sp³-hybridized carbons (Fsp3) is 0.692. The third-order valence-electron chi connectivity index (χ3n) is 2.87. The number of anilines is 2. The summed E-state index contributed by atoms with van der Waals surface area (Å²) in [6, 6.07) is 0. The van der Waals surface area contributed by atoms with Gasteiger partial charge in [0.25, 0.3) is 0 Å². The molecule has 0 bridgehead atoms. The minimum absolute atomic E-state index is 0.0842. The highest BCUT2D eigenvalue weighted by Crippen LogP contribution is 2.22. The van der Waals surface area contributed by atoms with Crippen LogP contribution in [0.1, 0.15) is 32.6 Å². The lowest BCUT2D eigenvalue weighted by Crippen LogP contribution is -2.10. The molecule has 21 heavy (non-hydrogen) atoms. The van der Waals surface area contributed by atoms with Crippen LogP contribution in [0, 0.1) is 10.1 Å². The van der Waals surface area contributed by atoms with E-state index in [9.17, 15) is 10.1 Å². The molecule has 0 saturated heterocycles. The third kappa shape index (κ3) is 6.61. The van der Waals surface area contributed by atoms with Crippen molar-refractivity contribution >= 4 is 29.2 Å². The number of unbranched alkanes of at least 4 members (excludes halogenated alkanes) is 3. The molecule has 0 unspecified atom stereocenters. The molecule has 0 aliphatic heterocycles. The lowest BCUT2D eigenvalue weighted by Gasteiger charge is -2.08. The van der Waals surface area contributed by atoms with Gasteiger partial charge in [-0.15, -0.1) is 0 Å². The van der Waals surface area contributed by atoms with E-state index in [1.807, 2.05) is 18.7 Å². The Labute approximate surface area is 129 Å². The number of nitrogens with one attached hydrogen (secondary N) is 2. The average molecular weight is 313 g/mol. The first kappa shape index (κ1) is 17.5. The summed E-state index contributed by atoms with van der Waals surface area (Å²) in [5.41, 5.74) is -0.0842. The summed E-state index contributed by atoms with van der Waals surface area (Å²) < 4.78 is 0. The molecule has 0 radical (unpaired) electrons. The Bertz CT molecular complexity index is 445. The van der Waals surface area contributed by atoms with Crippen molar-refractivity contribution in [2.75, 3.05) is 35.7 Å². The van der Waals surface area contributed by atoms with Crippen LogP contribution in [0.3, 0.4) is 0 Å². The van der Waals surface area contributed by atoms with Crippen molar-refractivity contribution in [2.24, 2.45) is 0 Å². The number of thioether (sulfide) groups is 1. The van der Waals surface area contributed by atoms with Gasteiger partial charge in [-0.3, -0.25) is 10.1 Å². The fourth-order valence-corrected chi connectivity index (χ4v) is 2.31. The van der Waals surface area contributed by atoms with Gasteiger partial charge in [0.2, 0.25) is 11.8 Å². The van der Waals surface area contributed by atoms with Gasteiger partial charge in [-0.2, -0.15) is 16.7 Å². The van der Waals surface area contributed by atoms with Crippen LogP contribution in [-0.2, 0) is 0 Å². The minimum atomic E-state index is -0.462. The first-order valence-corrected chi connectivity index (χ1v) is 8.56. The topological polar surface area (TPSA) is 93.0 Å². The first-order chi connectivity index (χ1) is 10.2. The van der Waals surface area contributed by atoms with Crippen molar-refractivity contribution in [2.45, 2.75) is 32.6 Å². The van der Waals surface area contributed by atoms with Crippen molar-refractivity contribution < 1.29 is 4.92 Å². The molecule has 1 heterocycles. The Hall–Kier alpha value is -1.57. The maximum atomic E-state index is 11.0. The molecule has 118 valence electrons. The summed E-state index contributed by atoms with van der Waals surface area (Å²) in [6.45, 7) is 3.28. The summed E-state index contributed by atoms with van der Waals surface area (Å²) in [4.78, 5) is 18.6. The Kier molecular flexibility index (Phi) is 8.49. The van der Waals surface area contributed by atoms with Crippen LogP contribution in [0.15, 0.2) is 6.20 Å². The van der Waals surface area contributed by atoms with E-state index in [0.29, 0.717) is 19.0 Å². The maximum absolute atomic E-state index is 11.0. The summed E-state index contributed by atoms with van der Waals surface area (Å²) in [6.07, 6.45) is 7.86. The summed E-state index contributed by atoms with van der Waals surface area (Å²) in [5, 5.41) is 17.0. The summed E-state index contributed by atoms with van der Waals surface area (Å²) in [5.74, 6) is 1.89. The normalized spacial score (nSPS) is 10.4. The Morgan fingerprint density at radius 1 is 1.29 bits per heavy atom. The van der Waals surface area contributed by atoms with Crippen LogP contribution >= 0.6 is 11.8 Å². The molecular weight excluding hydrogens is 290 g/mol. The van der Waals surface area contributed by atoms with E-state index in [1.54, 1.807) is 0 Å². The lowest BCUT2D eigenvalue weighted by molar-refractivity contribution is -0.384. The number of nitrogens with zero attached hydrogens (tertiary/aromatic N) is 3. The zero-order valence-electron chi connectivity index (χ0n) is 12.6. The molecule has 0 spiro atoms. The third-order valence-corrected chi connectivity index (χ3v) is 3.57. The van der Waals surface area contributed by atoms with E-state index >= 15 is 0 Å². The minimum Gasteiger partial charge on any atom is -0.364 e. The first-order valence-electron chi connectivity index (χ1n) is 7.17. The molecule has 0 saturated carbocycles. The number of hydrogen-bond acceptors (Lipinski definition) is 7. The van der Waals surface area contributed by atoms with Crippen molar-refractivity contribution in [1.82, 2.24) is 9.97 Å². The van der Waals surface area contributed by atoms with E-state index in [4.69, 9.17) is 0 Å². The SMILES string of the molecule is CCNc1ncc([N+](=O)[O-])c(NCCCCCCSC)n1. The van der Waals surface area contributed by atoms with Crippen molar-refractivity contribution in [3.8, 4) is 0 Å². The van der Waals surface area contributed by atoms with Gasteiger partial charge in [0.15, 0.2) is 0 Å². The van der Waals surface area contributed by atoms with E-state index in [-0.39, 0.29) is 11.5 Å². The predicted octanol–water partition coefficient (Wildman–Crippen LogP) is 3.15. The predicted molar refractivity (Wildman–Crippen MR) is 88.2 cm³/mol. The number of nitro groups is 1. The van der Waals surface area contributed by atoms with Gasteiger partial charge in [-0.05, 0) is 31.8 Å². The fourth-order valence-electron chi connectivity index (χ4n) is 1.81. The second-order valence-electron chi connectivity index (χ2n) is 4.55. The maximum Gasteiger partial charge on any atom is 0.329 e. The molecule has 0 aliphatic carbocycles. The lowest BCUT2D eigenvalue weighted by atomic mass is 10.2. The molecule has 2 N–H and O–H groups in total. The van der Waals surface area contributed by atoms with Gasteiger partial charge in [-0.25, -0.2) is 4.98 Å². The Morgan fingerprint density at radius 3 is 2.71 bits per heavy atom. The van der Waals surface area contributed by atoms with Gasteiger partial charge in [0.1, 0.15) is 6.20 Å². The molecular formula is C13H23N5O2S.